The minimum Gasteiger partial charge on any atom is -0.486 e. The summed E-state index contributed by atoms with van der Waals surface area (Å²) in [6.07, 6.45) is 2.67. The number of hydrogen-bond donors (Lipinski definition) is 1. The fraction of sp³-hybridized carbons (Fsp3) is 0.444. The van der Waals surface area contributed by atoms with Crippen LogP contribution >= 0.6 is 0 Å². The molecule has 0 radical (unpaired) electrons. The molecular formula is C18H22N4O3. The quantitative estimate of drug-likeness (QED) is 0.903. The van der Waals surface area contributed by atoms with E-state index >= 15 is 0 Å². The molecule has 0 bridgehead atoms. The molecule has 1 aromatic heterocycles. The van der Waals surface area contributed by atoms with Crippen molar-refractivity contribution in [2.24, 2.45) is 0 Å². The van der Waals surface area contributed by atoms with Gasteiger partial charge >= 0.3 is 6.01 Å². The van der Waals surface area contributed by atoms with Crippen LogP contribution in [-0.2, 0) is 0 Å². The zero-order valence-electron chi connectivity index (χ0n) is 14.1. The van der Waals surface area contributed by atoms with Gasteiger partial charge in [0.05, 0.1) is 0 Å². The summed E-state index contributed by atoms with van der Waals surface area (Å²) in [5.74, 6) is 2.42. The Balaban J connectivity index is 1.36. The highest BCUT2D eigenvalue weighted by atomic mass is 16.6. The number of benzene rings is 1. The minimum atomic E-state index is -0.176. The van der Waals surface area contributed by atoms with Crippen molar-refractivity contribution in [3.63, 3.8) is 0 Å². The van der Waals surface area contributed by atoms with E-state index in [1.165, 1.54) is 0 Å². The van der Waals surface area contributed by atoms with Crippen LogP contribution in [0.15, 0.2) is 36.5 Å². The molecule has 2 aliphatic heterocycles. The lowest BCUT2D eigenvalue weighted by Gasteiger charge is -2.26. The van der Waals surface area contributed by atoms with Crippen LogP contribution in [-0.4, -0.2) is 55.5 Å². The molecule has 1 unspecified atom stereocenters. The summed E-state index contributed by atoms with van der Waals surface area (Å²) in [5, 5.41) is 3.39. The van der Waals surface area contributed by atoms with Crippen molar-refractivity contribution in [2.75, 3.05) is 44.3 Å². The second kappa shape index (κ2) is 7.57. The molecule has 7 nitrogen and oxygen atoms in total. The Morgan fingerprint density at radius 1 is 1.16 bits per heavy atom. The number of hydrogen-bond acceptors (Lipinski definition) is 7. The summed E-state index contributed by atoms with van der Waals surface area (Å²) in [4.78, 5) is 11.0. The molecule has 1 N–H and O–H groups in total. The first-order chi connectivity index (χ1) is 12.4. The van der Waals surface area contributed by atoms with E-state index in [1.54, 1.807) is 6.20 Å². The Morgan fingerprint density at radius 3 is 3.04 bits per heavy atom. The molecule has 4 rings (SSSR count). The fourth-order valence-corrected chi connectivity index (χ4v) is 2.97. The fourth-order valence-electron chi connectivity index (χ4n) is 2.97. The van der Waals surface area contributed by atoms with E-state index in [2.05, 4.69) is 20.2 Å². The highest BCUT2D eigenvalue weighted by Gasteiger charge is 2.21. The predicted molar refractivity (Wildman–Crippen MR) is 93.6 cm³/mol. The molecule has 2 aliphatic rings. The van der Waals surface area contributed by atoms with Gasteiger partial charge in [-0.15, -0.1) is 0 Å². The number of rotatable bonds is 4. The number of nitrogens with zero attached hydrogens (tertiary/aromatic N) is 3. The molecule has 0 spiro atoms. The molecule has 1 aromatic carbocycles. The summed E-state index contributed by atoms with van der Waals surface area (Å²) in [6, 6.07) is 9.94. The molecule has 0 amide bonds. The number of anilines is 1. The van der Waals surface area contributed by atoms with Crippen LogP contribution in [0.2, 0.25) is 0 Å². The Labute approximate surface area is 146 Å². The maximum Gasteiger partial charge on any atom is 0.318 e. The molecule has 25 heavy (non-hydrogen) atoms. The molecule has 1 atom stereocenters. The SMILES string of the molecule is c1ccc2c(c1)OCC(COc1nccc(N3CCCNCC3)n1)O2. The summed E-state index contributed by atoms with van der Waals surface area (Å²) in [6.45, 7) is 4.73. The Bertz CT molecular complexity index is 704. The Morgan fingerprint density at radius 2 is 2.08 bits per heavy atom. The van der Waals surface area contributed by atoms with Crippen molar-refractivity contribution in [1.82, 2.24) is 15.3 Å². The van der Waals surface area contributed by atoms with Gasteiger partial charge in [0.2, 0.25) is 0 Å². The smallest absolute Gasteiger partial charge is 0.318 e. The summed E-state index contributed by atoms with van der Waals surface area (Å²) in [5.41, 5.74) is 0. The van der Waals surface area contributed by atoms with Gasteiger partial charge in [0.1, 0.15) is 19.0 Å². The number of nitrogens with one attached hydrogen (secondary N) is 1. The van der Waals surface area contributed by atoms with Gasteiger partial charge in [-0.05, 0) is 31.2 Å². The second-order valence-corrected chi connectivity index (χ2v) is 6.10. The second-order valence-electron chi connectivity index (χ2n) is 6.10. The Kier molecular flexibility index (Phi) is 4.83. The van der Waals surface area contributed by atoms with Crippen molar-refractivity contribution in [2.45, 2.75) is 12.5 Å². The maximum absolute atomic E-state index is 5.89. The molecule has 132 valence electrons. The summed E-state index contributed by atoms with van der Waals surface area (Å²) >= 11 is 0. The minimum absolute atomic E-state index is 0.176. The molecule has 0 saturated carbocycles. The van der Waals surface area contributed by atoms with Gasteiger partial charge in [-0.3, -0.25) is 0 Å². The van der Waals surface area contributed by atoms with Crippen molar-refractivity contribution in [1.29, 1.82) is 0 Å². The Hall–Kier alpha value is -2.54. The van der Waals surface area contributed by atoms with Crippen LogP contribution in [0.1, 0.15) is 6.42 Å². The monoisotopic (exact) mass is 342 g/mol. The van der Waals surface area contributed by atoms with Gasteiger partial charge in [-0.2, -0.15) is 4.98 Å². The third kappa shape index (κ3) is 3.93. The normalized spacial score (nSPS) is 20.0. The van der Waals surface area contributed by atoms with Crippen molar-refractivity contribution in [3.05, 3.63) is 36.5 Å². The van der Waals surface area contributed by atoms with Gasteiger partial charge in [0.25, 0.3) is 0 Å². The first kappa shape index (κ1) is 16.0. The predicted octanol–water partition coefficient (Wildman–Crippen LogP) is 1.50. The van der Waals surface area contributed by atoms with Crippen molar-refractivity contribution < 1.29 is 14.2 Å². The van der Waals surface area contributed by atoms with Crippen LogP contribution < -0.4 is 24.4 Å². The highest BCUT2D eigenvalue weighted by molar-refractivity contribution is 5.41. The molecular weight excluding hydrogens is 320 g/mol. The van der Waals surface area contributed by atoms with Crippen LogP contribution in [0.25, 0.3) is 0 Å². The largest absolute Gasteiger partial charge is 0.486 e. The molecule has 1 saturated heterocycles. The van der Waals surface area contributed by atoms with Gasteiger partial charge in [0.15, 0.2) is 17.6 Å². The maximum atomic E-state index is 5.89. The molecule has 7 heteroatoms. The number of fused-ring (bicyclic) bond motifs is 1. The topological polar surface area (TPSA) is 68.7 Å². The van der Waals surface area contributed by atoms with E-state index in [4.69, 9.17) is 14.2 Å². The molecule has 3 heterocycles. The lowest BCUT2D eigenvalue weighted by Crippen LogP contribution is -2.34. The van der Waals surface area contributed by atoms with Gasteiger partial charge in [0, 0.05) is 25.8 Å². The van der Waals surface area contributed by atoms with E-state index in [0.29, 0.717) is 19.2 Å². The first-order valence-electron chi connectivity index (χ1n) is 8.68. The number of aromatic nitrogens is 2. The van der Waals surface area contributed by atoms with E-state index in [-0.39, 0.29) is 6.10 Å². The number of ether oxygens (including phenoxy) is 3. The summed E-state index contributed by atoms with van der Waals surface area (Å²) < 4.78 is 17.3. The van der Waals surface area contributed by atoms with Crippen LogP contribution in [0.3, 0.4) is 0 Å². The van der Waals surface area contributed by atoms with Gasteiger partial charge in [-0.25, -0.2) is 4.98 Å². The van der Waals surface area contributed by atoms with E-state index < -0.39 is 0 Å². The molecule has 0 aliphatic carbocycles. The third-order valence-corrected chi connectivity index (χ3v) is 4.25. The van der Waals surface area contributed by atoms with Gasteiger partial charge < -0.3 is 24.4 Å². The van der Waals surface area contributed by atoms with Crippen LogP contribution in [0.5, 0.6) is 17.5 Å². The lowest BCUT2D eigenvalue weighted by molar-refractivity contribution is 0.0506. The zero-order valence-corrected chi connectivity index (χ0v) is 14.1. The first-order valence-corrected chi connectivity index (χ1v) is 8.68. The van der Waals surface area contributed by atoms with E-state index in [1.807, 2.05) is 30.3 Å². The van der Waals surface area contributed by atoms with Crippen LogP contribution in [0.4, 0.5) is 5.82 Å². The summed E-state index contributed by atoms with van der Waals surface area (Å²) in [7, 11) is 0. The third-order valence-electron chi connectivity index (χ3n) is 4.25. The average Bonchev–Trinajstić information content (AvgIpc) is 2.96. The molecule has 1 fully saturated rings. The lowest BCUT2D eigenvalue weighted by atomic mass is 10.3. The molecule has 2 aromatic rings. The van der Waals surface area contributed by atoms with Crippen molar-refractivity contribution in [3.8, 4) is 17.5 Å². The average molecular weight is 342 g/mol. The van der Waals surface area contributed by atoms with Crippen LogP contribution in [0, 0.1) is 0 Å². The standard InChI is InChI=1S/C18H22N4O3/c1-2-5-16-15(4-1)23-12-14(25-16)13-24-18-20-8-6-17(21-18)22-10-3-7-19-9-11-22/h1-2,4-6,8,14,19H,3,7,9-13H2. The zero-order chi connectivity index (χ0) is 16.9. The van der Waals surface area contributed by atoms with E-state index in [9.17, 15) is 0 Å². The van der Waals surface area contributed by atoms with Gasteiger partial charge in [-0.1, -0.05) is 12.1 Å². The highest BCUT2D eigenvalue weighted by Crippen LogP contribution is 2.30. The number of para-hydroxylation sites is 2. The van der Waals surface area contributed by atoms with Crippen molar-refractivity contribution >= 4 is 5.82 Å². The van der Waals surface area contributed by atoms with E-state index in [0.717, 1.165) is 49.9 Å².